The SMILES string of the molecule is Cc1ccc(/C=N\NC(=O)Cc2csc(N3CCOCC3)n2)s1. The average molecular weight is 350 g/mol. The van der Waals surface area contributed by atoms with Gasteiger partial charge in [0.1, 0.15) is 0 Å². The Morgan fingerprint density at radius 3 is 3.04 bits per heavy atom. The summed E-state index contributed by atoms with van der Waals surface area (Å²) in [5.41, 5.74) is 3.32. The van der Waals surface area contributed by atoms with Crippen molar-refractivity contribution in [2.24, 2.45) is 5.10 Å². The van der Waals surface area contributed by atoms with Crippen LogP contribution in [0.4, 0.5) is 5.13 Å². The number of amides is 1. The number of aryl methyl sites for hydroxylation is 1. The Morgan fingerprint density at radius 1 is 1.48 bits per heavy atom. The fraction of sp³-hybridized carbons (Fsp3) is 0.400. The van der Waals surface area contributed by atoms with Crippen molar-refractivity contribution in [3.05, 3.63) is 33.0 Å². The van der Waals surface area contributed by atoms with Crippen molar-refractivity contribution in [3.63, 3.8) is 0 Å². The molecule has 0 aromatic carbocycles. The van der Waals surface area contributed by atoms with Crippen LogP contribution in [0.2, 0.25) is 0 Å². The molecule has 0 unspecified atom stereocenters. The Bertz CT molecular complexity index is 689. The van der Waals surface area contributed by atoms with Crippen molar-refractivity contribution in [3.8, 4) is 0 Å². The molecule has 0 saturated carbocycles. The minimum absolute atomic E-state index is 0.159. The van der Waals surface area contributed by atoms with Gasteiger partial charge in [0.05, 0.1) is 31.5 Å². The van der Waals surface area contributed by atoms with Gasteiger partial charge in [0.25, 0.3) is 0 Å². The minimum atomic E-state index is -0.159. The number of morpholine rings is 1. The van der Waals surface area contributed by atoms with E-state index in [9.17, 15) is 4.79 Å². The van der Waals surface area contributed by atoms with E-state index in [1.54, 1.807) is 28.9 Å². The zero-order valence-corrected chi connectivity index (χ0v) is 14.5. The van der Waals surface area contributed by atoms with Crippen LogP contribution >= 0.6 is 22.7 Å². The summed E-state index contributed by atoms with van der Waals surface area (Å²) in [6, 6.07) is 4.00. The number of aromatic nitrogens is 1. The van der Waals surface area contributed by atoms with Gasteiger partial charge in [0, 0.05) is 28.2 Å². The predicted octanol–water partition coefficient (Wildman–Crippen LogP) is 2.04. The number of thiophene rings is 1. The van der Waals surface area contributed by atoms with Crippen molar-refractivity contribution in [1.29, 1.82) is 0 Å². The summed E-state index contributed by atoms with van der Waals surface area (Å²) in [7, 11) is 0. The van der Waals surface area contributed by atoms with E-state index in [1.165, 1.54) is 4.88 Å². The molecule has 8 heteroatoms. The number of nitrogens with one attached hydrogen (secondary N) is 1. The standard InChI is InChI=1S/C15H18N4O2S2/c1-11-2-3-13(23-11)9-16-18-14(20)8-12-10-22-15(17-12)19-4-6-21-7-5-19/h2-3,9-10H,4-8H2,1H3,(H,18,20)/b16-9-. The summed E-state index contributed by atoms with van der Waals surface area (Å²) in [6.07, 6.45) is 1.90. The first-order valence-electron chi connectivity index (χ1n) is 7.36. The summed E-state index contributed by atoms with van der Waals surface area (Å²) in [5.74, 6) is -0.159. The predicted molar refractivity (Wildman–Crippen MR) is 93.6 cm³/mol. The number of carbonyl (C=O) groups excluding carboxylic acids is 1. The van der Waals surface area contributed by atoms with Crippen LogP contribution in [-0.4, -0.2) is 43.4 Å². The normalized spacial score (nSPS) is 15.3. The van der Waals surface area contributed by atoms with E-state index in [0.717, 1.165) is 42.0 Å². The Labute approximate surface area is 142 Å². The van der Waals surface area contributed by atoms with Crippen LogP contribution in [0.25, 0.3) is 0 Å². The molecular formula is C15H18N4O2S2. The molecule has 6 nitrogen and oxygen atoms in total. The molecule has 0 radical (unpaired) electrons. The van der Waals surface area contributed by atoms with Gasteiger partial charge in [-0.25, -0.2) is 10.4 Å². The number of carbonyl (C=O) groups is 1. The van der Waals surface area contributed by atoms with Crippen molar-refractivity contribution in [2.45, 2.75) is 13.3 Å². The first-order chi connectivity index (χ1) is 11.2. The summed E-state index contributed by atoms with van der Waals surface area (Å²) < 4.78 is 5.33. The van der Waals surface area contributed by atoms with Crippen LogP contribution in [0.1, 0.15) is 15.4 Å². The third kappa shape index (κ3) is 4.60. The van der Waals surface area contributed by atoms with Gasteiger partial charge in [-0.05, 0) is 19.1 Å². The van der Waals surface area contributed by atoms with Gasteiger partial charge < -0.3 is 9.64 Å². The van der Waals surface area contributed by atoms with E-state index < -0.39 is 0 Å². The van der Waals surface area contributed by atoms with Gasteiger partial charge in [-0.3, -0.25) is 4.79 Å². The molecule has 0 spiro atoms. The molecule has 1 amide bonds. The molecule has 122 valence electrons. The van der Waals surface area contributed by atoms with Crippen LogP contribution in [0, 0.1) is 6.92 Å². The zero-order valence-electron chi connectivity index (χ0n) is 12.8. The molecule has 3 rings (SSSR count). The van der Waals surface area contributed by atoms with Crippen molar-refractivity contribution in [2.75, 3.05) is 31.2 Å². The number of rotatable bonds is 5. The molecule has 1 fully saturated rings. The quantitative estimate of drug-likeness (QED) is 0.662. The van der Waals surface area contributed by atoms with Crippen LogP contribution in [0.15, 0.2) is 22.6 Å². The second kappa shape index (κ2) is 7.67. The lowest BCUT2D eigenvalue weighted by atomic mass is 10.3. The fourth-order valence-corrected chi connectivity index (χ4v) is 3.80. The van der Waals surface area contributed by atoms with Crippen molar-refractivity contribution >= 4 is 39.9 Å². The molecule has 1 aliphatic heterocycles. The van der Waals surface area contributed by atoms with E-state index >= 15 is 0 Å². The molecule has 3 heterocycles. The van der Waals surface area contributed by atoms with E-state index in [4.69, 9.17) is 4.74 Å². The highest BCUT2D eigenvalue weighted by molar-refractivity contribution is 7.14. The largest absolute Gasteiger partial charge is 0.378 e. The topological polar surface area (TPSA) is 66.8 Å². The highest BCUT2D eigenvalue weighted by Gasteiger charge is 2.15. The summed E-state index contributed by atoms with van der Waals surface area (Å²) >= 11 is 3.20. The maximum atomic E-state index is 11.9. The van der Waals surface area contributed by atoms with Gasteiger partial charge >= 0.3 is 0 Å². The van der Waals surface area contributed by atoms with Gasteiger partial charge in [-0.1, -0.05) is 0 Å². The third-order valence-electron chi connectivity index (χ3n) is 3.31. The molecule has 1 saturated heterocycles. The number of hydrazone groups is 1. The van der Waals surface area contributed by atoms with Gasteiger partial charge in [0.15, 0.2) is 5.13 Å². The van der Waals surface area contributed by atoms with Crippen molar-refractivity contribution in [1.82, 2.24) is 10.4 Å². The van der Waals surface area contributed by atoms with E-state index in [0.29, 0.717) is 0 Å². The van der Waals surface area contributed by atoms with Crippen LogP contribution in [0.5, 0.6) is 0 Å². The number of thiazole rings is 1. The summed E-state index contributed by atoms with van der Waals surface area (Å²) in [4.78, 5) is 20.8. The minimum Gasteiger partial charge on any atom is -0.378 e. The zero-order chi connectivity index (χ0) is 16.1. The fourth-order valence-electron chi connectivity index (χ4n) is 2.17. The van der Waals surface area contributed by atoms with Crippen molar-refractivity contribution < 1.29 is 9.53 Å². The first kappa shape index (κ1) is 16.1. The van der Waals surface area contributed by atoms with Crippen LogP contribution in [-0.2, 0) is 16.0 Å². The maximum absolute atomic E-state index is 11.9. The number of ether oxygens (including phenoxy) is 1. The second-order valence-electron chi connectivity index (χ2n) is 5.14. The molecular weight excluding hydrogens is 332 g/mol. The van der Waals surface area contributed by atoms with Gasteiger partial charge in [0.2, 0.25) is 5.91 Å². The molecule has 2 aromatic rings. The lowest BCUT2D eigenvalue weighted by Crippen LogP contribution is -2.36. The molecule has 0 aliphatic carbocycles. The number of anilines is 1. The van der Waals surface area contributed by atoms with E-state index in [1.807, 2.05) is 24.4 Å². The first-order valence-corrected chi connectivity index (χ1v) is 9.06. The van der Waals surface area contributed by atoms with Crippen LogP contribution < -0.4 is 10.3 Å². The maximum Gasteiger partial charge on any atom is 0.246 e. The molecule has 1 aliphatic rings. The number of hydrogen-bond donors (Lipinski definition) is 1. The third-order valence-corrected chi connectivity index (χ3v) is 5.19. The van der Waals surface area contributed by atoms with Gasteiger partial charge in [-0.15, -0.1) is 22.7 Å². The van der Waals surface area contributed by atoms with E-state index in [2.05, 4.69) is 20.4 Å². The smallest absolute Gasteiger partial charge is 0.246 e. The lowest BCUT2D eigenvalue weighted by Gasteiger charge is -2.26. The average Bonchev–Trinajstić information content (AvgIpc) is 3.17. The summed E-state index contributed by atoms with van der Waals surface area (Å²) in [6.45, 7) is 5.20. The Morgan fingerprint density at radius 2 is 2.30 bits per heavy atom. The Balaban J connectivity index is 1.49. The molecule has 2 aromatic heterocycles. The lowest BCUT2D eigenvalue weighted by molar-refractivity contribution is -0.120. The number of hydrogen-bond acceptors (Lipinski definition) is 7. The molecule has 0 bridgehead atoms. The number of nitrogens with zero attached hydrogens (tertiary/aromatic N) is 3. The monoisotopic (exact) mass is 350 g/mol. The highest BCUT2D eigenvalue weighted by Crippen LogP contribution is 2.21. The van der Waals surface area contributed by atoms with Crippen LogP contribution in [0.3, 0.4) is 0 Å². The second-order valence-corrected chi connectivity index (χ2v) is 7.30. The highest BCUT2D eigenvalue weighted by atomic mass is 32.1. The molecule has 0 atom stereocenters. The van der Waals surface area contributed by atoms with Gasteiger partial charge in [-0.2, -0.15) is 5.10 Å². The molecule has 1 N–H and O–H groups in total. The molecule has 23 heavy (non-hydrogen) atoms. The Kier molecular flexibility index (Phi) is 5.37. The Hall–Kier alpha value is -1.77. The van der Waals surface area contributed by atoms with E-state index in [-0.39, 0.29) is 12.3 Å². The summed E-state index contributed by atoms with van der Waals surface area (Å²) in [5, 5.41) is 6.86.